The second-order valence-corrected chi connectivity index (χ2v) is 3.24. The molecule has 0 saturated heterocycles. The summed E-state index contributed by atoms with van der Waals surface area (Å²) in [4.78, 5) is 0. The lowest BCUT2D eigenvalue weighted by atomic mass is 10.1. The molecule has 0 bridgehead atoms. The van der Waals surface area contributed by atoms with Gasteiger partial charge in [0, 0.05) is 0 Å². The number of aliphatic hydroxyl groups excluding tert-OH is 1. The van der Waals surface area contributed by atoms with Crippen LogP contribution in [-0.4, -0.2) is 17.6 Å². The van der Waals surface area contributed by atoms with E-state index in [-0.39, 0.29) is 5.75 Å². The molecule has 0 amide bonds. The summed E-state index contributed by atoms with van der Waals surface area (Å²) in [7, 11) is 0. The molecule has 0 heterocycles. The molecule has 2 nitrogen and oxygen atoms in total. The fraction of sp³-hybridized carbons (Fsp3) is 0.400. The van der Waals surface area contributed by atoms with Gasteiger partial charge in [-0.05, 0) is 31.0 Å². The number of halogens is 3. The number of benzene rings is 1. The summed E-state index contributed by atoms with van der Waals surface area (Å²) < 4.78 is 39.1. The summed E-state index contributed by atoms with van der Waals surface area (Å²) >= 11 is 0. The summed E-state index contributed by atoms with van der Waals surface area (Å²) in [6.07, 6.45) is -4.77. The van der Waals surface area contributed by atoms with E-state index in [1.165, 1.54) is 24.3 Å². The Morgan fingerprint density at radius 1 is 1.27 bits per heavy atom. The van der Waals surface area contributed by atoms with Crippen LogP contribution in [0.1, 0.15) is 12.5 Å². The van der Waals surface area contributed by atoms with Gasteiger partial charge in [0.1, 0.15) is 5.75 Å². The third-order valence-corrected chi connectivity index (χ3v) is 1.69. The molecule has 1 aromatic carbocycles. The van der Waals surface area contributed by atoms with Gasteiger partial charge in [-0.25, -0.2) is 0 Å². The fourth-order valence-corrected chi connectivity index (χ4v) is 1.17. The molecular weight excluding hydrogens is 209 g/mol. The first-order valence-electron chi connectivity index (χ1n) is 4.39. The smallest absolute Gasteiger partial charge is 0.406 e. The minimum absolute atomic E-state index is 0.253. The molecule has 0 saturated carbocycles. The van der Waals surface area contributed by atoms with Gasteiger partial charge in [-0.15, -0.1) is 13.2 Å². The van der Waals surface area contributed by atoms with Gasteiger partial charge < -0.3 is 9.84 Å². The lowest BCUT2D eigenvalue weighted by Crippen LogP contribution is -2.17. The van der Waals surface area contributed by atoms with E-state index in [4.69, 9.17) is 5.11 Å². The Balaban J connectivity index is 2.64. The van der Waals surface area contributed by atoms with Crippen molar-refractivity contribution in [3.05, 3.63) is 29.8 Å². The van der Waals surface area contributed by atoms with Crippen molar-refractivity contribution in [1.29, 1.82) is 0 Å². The molecule has 0 aliphatic heterocycles. The monoisotopic (exact) mass is 220 g/mol. The molecular formula is C10H11F3O2. The molecule has 0 aliphatic rings. The summed E-state index contributed by atoms with van der Waals surface area (Å²) in [6.45, 7) is 1.61. The van der Waals surface area contributed by atoms with E-state index in [2.05, 4.69) is 4.74 Å². The third-order valence-electron chi connectivity index (χ3n) is 1.69. The van der Waals surface area contributed by atoms with Crippen molar-refractivity contribution >= 4 is 0 Å². The zero-order valence-corrected chi connectivity index (χ0v) is 8.08. The Bertz CT molecular complexity index is 303. The molecule has 0 aliphatic carbocycles. The van der Waals surface area contributed by atoms with Gasteiger partial charge >= 0.3 is 6.36 Å². The third kappa shape index (κ3) is 4.69. The quantitative estimate of drug-likeness (QED) is 0.848. The highest BCUT2D eigenvalue weighted by atomic mass is 19.4. The van der Waals surface area contributed by atoms with Gasteiger partial charge in [0.2, 0.25) is 0 Å². The van der Waals surface area contributed by atoms with Crippen molar-refractivity contribution in [2.75, 3.05) is 0 Å². The maximum Gasteiger partial charge on any atom is 0.573 e. The normalized spacial score (nSPS) is 13.7. The molecule has 0 unspecified atom stereocenters. The van der Waals surface area contributed by atoms with Crippen LogP contribution < -0.4 is 4.74 Å². The topological polar surface area (TPSA) is 29.5 Å². The highest BCUT2D eigenvalue weighted by molar-refractivity contribution is 5.27. The first kappa shape index (κ1) is 11.8. The molecule has 15 heavy (non-hydrogen) atoms. The number of hydrogen-bond donors (Lipinski definition) is 1. The number of hydrogen-bond acceptors (Lipinski definition) is 2. The minimum Gasteiger partial charge on any atom is -0.406 e. The molecule has 5 heteroatoms. The van der Waals surface area contributed by atoms with E-state index in [0.717, 1.165) is 5.56 Å². The summed E-state index contributed by atoms with van der Waals surface area (Å²) in [6, 6.07) is 5.44. The van der Waals surface area contributed by atoms with E-state index < -0.39 is 12.5 Å². The van der Waals surface area contributed by atoms with Crippen molar-refractivity contribution < 1.29 is 23.0 Å². The van der Waals surface area contributed by atoms with Crippen LogP contribution in [0.25, 0.3) is 0 Å². The molecule has 0 fully saturated rings. The predicted molar refractivity (Wildman–Crippen MR) is 48.5 cm³/mol. The number of alkyl halides is 3. The standard InChI is InChI=1S/C10H11F3O2/c1-7(14)6-8-2-4-9(5-3-8)15-10(11,12)13/h2-5,7,14H,6H2,1H3/t7-/m0/s1. The van der Waals surface area contributed by atoms with Gasteiger partial charge in [0.05, 0.1) is 6.10 Å². The van der Waals surface area contributed by atoms with E-state index in [9.17, 15) is 13.2 Å². The van der Waals surface area contributed by atoms with Crippen molar-refractivity contribution in [2.45, 2.75) is 25.8 Å². The van der Waals surface area contributed by atoms with Crippen molar-refractivity contribution in [1.82, 2.24) is 0 Å². The predicted octanol–water partition coefficient (Wildman–Crippen LogP) is 2.51. The molecule has 1 atom stereocenters. The van der Waals surface area contributed by atoms with Crippen molar-refractivity contribution in [3.63, 3.8) is 0 Å². The molecule has 0 aromatic heterocycles. The van der Waals surface area contributed by atoms with Crippen LogP contribution in [0.3, 0.4) is 0 Å². The Hall–Kier alpha value is -1.23. The van der Waals surface area contributed by atoms with E-state index >= 15 is 0 Å². The Morgan fingerprint density at radius 3 is 2.20 bits per heavy atom. The van der Waals surface area contributed by atoms with Crippen LogP contribution >= 0.6 is 0 Å². The van der Waals surface area contributed by atoms with Crippen LogP contribution in [0, 0.1) is 0 Å². The second-order valence-electron chi connectivity index (χ2n) is 3.24. The first-order valence-corrected chi connectivity index (χ1v) is 4.39. The molecule has 1 rings (SSSR count). The second kappa shape index (κ2) is 4.53. The van der Waals surface area contributed by atoms with Gasteiger partial charge in [0.15, 0.2) is 0 Å². The van der Waals surface area contributed by atoms with Crippen LogP contribution in [0.2, 0.25) is 0 Å². The van der Waals surface area contributed by atoms with Crippen LogP contribution in [-0.2, 0) is 6.42 Å². The molecule has 1 N–H and O–H groups in total. The van der Waals surface area contributed by atoms with Crippen LogP contribution in [0.4, 0.5) is 13.2 Å². The van der Waals surface area contributed by atoms with Crippen molar-refractivity contribution in [3.8, 4) is 5.75 Å². The molecule has 1 aromatic rings. The van der Waals surface area contributed by atoms with Gasteiger partial charge in [0.25, 0.3) is 0 Å². The SMILES string of the molecule is C[C@H](O)Cc1ccc(OC(F)(F)F)cc1. The Morgan fingerprint density at radius 2 is 1.80 bits per heavy atom. The molecule has 0 spiro atoms. The lowest BCUT2D eigenvalue weighted by Gasteiger charge is -2.09. The van der Waals surface area contributed by atoms with E-state index in [0.29, 0.717) is 6.42 Å². The fourth-order valence-electron chi connectivity index (χ4n) is 1.17. The van der Waals surface area contributed by atoms with Gasteiger partial charge in [-0.1, -0.05) is 12.1 Å². The van der Waals surface area contributed by atoms with Crippen LogP contribution in [0.5, 0.6) is 5.75 Å². The molecule has 0 radical (unpaired) electrons. The zero-order chi connectivity index (χ0) is 11.5. The van der Waals surface area contributed by atoms with Gasteiger partial charge in [-0.3, -0.25) is 0 Å². The minimum atomic E-state index is -4.66. The zero-order valence-electron chi connectivity index (χ0n) is 8.08. The highest BCUT2D eigenvalue weighted by Crippen LogP contribution is 2.22. The highest BCUT2D eigenvalue weighted by Gasteiger charge is 2.30. The summed E-state index contributed by atoms with van der Waals surface area (Å²) in [5.41, 5.74) is 0.763. The van der Waals surface area contributed by atoms with Crippen LogP contribution in [0.15, 0.2) is 24.3 Å². The average molecular weight is 220 g/mol. The maximum absolute atomic E-state index is 11.8. The maximum atomic E-state index is 11.8. The van der Waals surface area contributed by atoms with E-state index in [1.807, 2.05) is 0 Å². The number of rotatable bonds is 3. The summed E-state index contributed by atoms with van der Waals surface area (Å²) in [5, 5.41) is 9.05. The molecule has 84 valence electrons. The Kier molecular flexibility index (Phi) is 3.57. The first-order chi connectivity index (χ1) is 6.87. The van der Waals surface area contributed by atoms with Gasteiger partial charge in [-0.2, -0.15) is 0 Å². The Labute approximate surface area is 85.3 Å². The lowest BCUT2D eigenvalue weighted by molar-refractivity contribution is -0.274. The summed E-state index contributed by atoms with van der Waals surface area (Å²) in [5.74, 6) is -0.253. The van der Waals surface area contributed by atoms with Crippen molar-refractivity contribution in [2.24, 2.45) is 0 Å². The average Bonchev–Trinajstić information content (AvgIpc) is 2.05. The number of aliphatic hydroxyl groups is 1. The number of ether oxygens (including phenoxy) is 1. The largest absolute Gasteiger partial charge is 0.573 e. The van der Waals surface area contributed by atoms with E-state index in [1.54, 1.807) is 6.92 Å².